The third-order valence-electron chi connectivity index (χ3n) is 5.97. The van der Waals surface area contributed by atoms with Gasteiger partial charge in [0.05, 0.1) is 16.8 Å². The van der Waals surface area contributed by atoms with Crippen molar-refractivity contribution in [3.05, 3.63) is 65.2 Å². The maximum atomic E-state index is 13.6. The van der Waals surface area contributed by atoms with Crippen molar-refractivity contribution in [1.29, 1.82) is 0 Å². The lowest BCUT2D eigenvalue weighted by Crippen LogP contribution is -2.51. The molecule has 0 unspecified atom stereocenters. The van der Waals surface area contributed by atoms with Gasteiger partial charge in [-0.1, -0.05) is 30.3 Å². The van der Waals surface area contributed by atoms with E-state index in [0.29, 0.717) is 31.7 Å². The summed E-state index contributed by atoms with van der Waals surface area (Å²) in [4.78, 5) is 34.3. The van der Waals surface area contributed by atoms with Crippen molar-refractivity contribution in [1.82, 2.24) is 14.8 Å². The zero-order chi connectivity index (χ0) is 23.8. The Hall–Kier alpha value is -3.41. The Morgan fingerprint density at radius 1 is 0.879 bits per heavy atom. The average molecular weight is 446 g/mol. The molecule has 1 fully saturated rings. The Balaban J connectivity index is 1.61. The minimum absolute atomic E-state index is 0.0393. The van der Waals surface area contributed by atoms with Gasteiger partial charge in [0.2, 0.25) is 0 Å². The number of rotatable bonds is 2. The fraction of sp³-hybridized carbons (Fsp3) is 0.370. The van der Waals surface area contributed by atoms with Gasteiger partial charge in [-0.15, -0.1) is 0 Å². The second-order valence-electron chi connectivity index (χ2n) is 9.63. The maximum absolute atomic E-state index is 13.6. The molecule has 1 aromatic heterocycles. The molecule has 1 aliphatic heterocycles. The van der Waals surface area contributed by atoms with Gasteiger partial charge in [-0.2, -0.15) is 0 Å². The van der Waals surface area contributed by atoms with E-state index >= 15 is 0 Å². The number of nitrogens with zero attached hydrogens (tertiary/aromatic N) is 3. The summed E-state index contributed by atoms with van der Waals surface area (Å²) in [5.41, 5.74) is 5.08. The molecule has 3 aromatic rings. The van der Waals surface area contributed by atoms with E-state index in [4.69, 9.17) is 9.72 Å². The summed E-state index contributed by atoms with van der Waals surface area (Å²) in [6.45, 7) is 11.6. The number of hydrogen-bond acceptors (Lipinski definition) is 4. The molecule has 6 nitrogen and oxygen atoms in total. The number of aryl methyl sites for hydroxylation is 2. The lowest BCUT2D eigenvalue weighted by atomic mass is 10.00. The van der Waals surface area contributed by atoms with Crippen LogP contribution in [0.15, 0.2) is 48.5 Å². The average Bonchev–Trinajstić information content (AvgIpc) is 2.78. The summed E-state index contributed by atoms with van der Waals surface area (Å²) in [5.74, 6) is -0.0393. The molecule has 2 aromatic carbocycles. The van der Waals surface area contributed by atoms with Crippen LogP contribution in [0.25, 0.3) is 22.2 Å². The van der Waals surface area contributed by atoms with E-state index in [1.54, 1.807) is 4.90 Å². The molecule has 2 amide bonds. The topological polar surface area (TPSA) is 62.7 Å². The van der Waals surface area contributed by atoms with Gasteiger partial charge in [0, 0.05) is 37.1 Å². The predicted molar refractivity (Wildman–Crippen MR) is 130 cm³/mol. The van der Waals surface area contributed by atoms with Gasteiger partial charge >= 0.3 is 6.09 Å². The second-order valence-corrected chi connectivity index (χ2v) is 9.63. The van der Waals surface area contributed by atoms with Gasteiger partial charge in [-0.05, 0) is 63.9 Å². The number of carbonyl (C=O) groups excluding carboxylic acids is 2. The number of fused-ring (bicyclic) bond motifs is 1. The quantitative estimate of drug-likeness (QED) is 0.543. The molecule has 0 atom stereocenters. The molecule has 0 aliphatic carbocycles. The van der Waals surface area contributed by atoms with Crippen LogP contribution >= 0.6 is 0 Å². The third kappa shape index (κ3) is 5.00. The number of aromatic nitrogens is 1. The molecule has 0 bridgehead atoms. The minimum atomic E-state index is -0.537. The summed E-state index contributed by atoms with van der Waals surface area (Å²) in [6.07, 6.45) is -0.332. The standard InChI is InChI=1S/C27H31N3O3/c1-18-10-11-20(16-19(18)2)24-17-22(21-8-6-7-9-23(21)28-24)25(31)29-12-14-30(15-13-29)26(32)33-27(3,4)5/h6-11,16-17H,12-15H2,1-5H3. The van der Waals surface area contributed by atoms with E-state index in [-0.39, 0.29) is 12.0 Å². The first kappa shape index (κ1) is 22.8. The van der Waals surface area contributed by atoms with Gasteiger partial charge in [-0.25, -0.2) is 9.78 Å². The number of ether oxygens (including phenoxy) is 1. The van der Waals surface area contributed by atoms with Crippen molar-refractivity contribution < 1.29 is 14.3 Å². The number of benzene rings is 2. The van der Waals surface area contributed by atoms with E-state index in [1.807, 2.05) is 62.1 Å². The summed E-state index contributed by atoms with van der Waals surface area (Å²) < 4.78 is 5.47. The van der Waals surface area contributed by atoms with Crippen LogP contribution in [-0.4, -0.2) is 58.6 Å². The van der Waals surface area contributed by atoms with Crippen molar-refractivity contribution in [2.24, 2.45) is 0 Å². The normalized spacial score (nSPS) is 14.5. The third-order valence-corrected chi connectivity index (χ3v) is 5.97. The number of pyridine rings is 1. The zero-order valence-corrected chi connectivity index (χ0v) is 20.0. The molecule has 2 heterocycles. The Kier molecular flexibility index (Phi) is 6.11. The molecular formula is C27H31N3O3. The largest absolute Gasteiger partial charge is 0.444 e. The summed E-state index contributed by atoms with van der Waals surface area (Å²) in [5, 5.41) is 0.838. The van der Waals surface area contributed by atoms with Gasteiger partial charge in [0.15, 0.2) is 0 Å². The molecule has 1 saturated heterocycles. The fourth-order valence-electron chi connectivity index (χ4n) is 3.99. The highest BCUT2D eigenvalue weighted by Crippen LogP contribution is 2.27. The van der Waals surface area contributed by atoms with E-state index < -0.39 is 5.60 Å². The number of para-hydroxylation sites is 1. The lowest BCUT2D eigenvalue weighted by molar-refractivity contribution is 0.0141. The van der Waals surface area contributed by atoms with Crippen molar-refractivity contribution >= 4 is 22.9 Å². The first-order chi connectivity index (χ1) is 15.6. The van der Waals surface area contributed by atoms with Crippen LogP contribution in [0.3, 0.4) is 0 Å². The number of carbonyl (C=O) groups is 2. The predicted octanol–water partition coefficient (Wildman–Crippen LogP) is 5.21. The van der Waals surface area contributed by atoms with Gasteiger partial charge < -0.3 is 14.5 Å². The van der Waals surface area contributed by atoms with Crippen molar-refractivity contribution in [3.63, 3.8) is 0 Å². The first-order valence-corrected chi connectivity index (χ1v) is 11.4. The van der Waals surface area contributed by atoms with Crippen molar-refractivity contribution in [2.45, 2.75) is 40.2 Å². The van der Waals surface area contributed by atoms with Crippen LogP contribution in [0, 0.1) is 13.8 Å². The van der Waals surface area contributed by atoms with Crippen LogP contribution < -0.4 is 0 Å². The molecule has 6 heteroatoms. The van der Waals surface area contributed by atoms with E-state index in [0.717, 1.165) is 22.2 Å². The molecule has 0 N–H and O–H groups in total. The van der Waals surface area contributed by atoms with Crippen LogP contribution in [0.1, 0.15) is 42.3 Å². The molecule has 0 radical (unpaired) electrons. The highest BCUT2D eigenvalue weighted by Gasteiger charge is 2.29. The van der Waals surface area contributed by atoms with Gasteiger partial charge in [0.1, 0.15) is 5.60 Å². The van der Waals surface area contributed by atoms with E-state index in [1.165, 1.54) is 11.1 Å². The van der Waals surface area contributed by atoms with E-state index in [9.17, 15) is 9.59 Å². The molecule has 4 rings (SSSR count). The highest BCUT2D eigenvalue weighted by atomic mass is 16.6. The molecule has 0 spiro atoms. The minimum Gasteiger partial charge on any atom is -0.444 e. The zero-order valence-electron chi connectivity index (χ0n) is 20.0. The van der Waals surface area contributed by atoms with Crippen LogP contribution in [0.5, 0.6) is 0 Å². The van der Waals surface area contributed by atoms with Crippen molar-refractivity contribution in [3.8, 4) is 11.3 Å². The van der Waals surface area contributed by atoms with Crippen molar-refractivity contribution in [2.75, 3.05) is 26.2 Å². The summed E-state index contributed by atoms with van der Waals surface area (Å²) in [7, 11) is 0. The first-order valence-electron chi connectivity index (χ1n) is 11.4. The highest BCUT2D eigenvalue weighted by molar-refractivity contribution is 6.07. The Labute approximate surface area is 195 Å². The smallest absolute Gasteiger partial charge is 0.410 e. The number of hydrogen-bond donors (Lipinski definition) is 0. The molecule has 1 aliphatic rings. The summed E-state index contributed by atoms with van der Waals surface area (Å²) in [6, 6.07) is 15.9. The SMILES string of the molecule is Cc1ccc(-c2cc(C(=O)N3CCN(C(=O)OC(C)(C)C)CC3)c3ccccc3n2)cc1C. The van der Waals surface area contributed by atoms with Gasteiger partial charge in [0.25, 0.3) is 5.91 Å². The van der Waals surface area contributed by atoms with Gasteiger partial charge in [-0.3, -0.25) is 4.79 Å². The molecular weight excluding hydrogens is 414 g/mol. The molecule has 172 valence electrons. The van der Waals surface area contributed by atoms with Crippen LogP contribution in [0.2, 0.25) is 0 Å². The lowest BCUT2D eigenvalue weighted by Gasteiger charge is -2.35. The second kappa shape index (κ2) is 8.85. The molecule has 0 saturated carbocycles. The monoisotopic (exact) mass is 445 g/mol. The summed E-state index contributed by atoms with van der Waals surface area (Å²) >= 11 is 0. The Bertz CT molecular complexity index is 1200. The van der Waals surface area contributed by atoms with Crippen LogP contribution in [0.4, 0.5) is 4.79 Å². The number of amides is 2. The van der Waals surface area contributed by atoms with Crippen LogP contribution in [-0.2, 0) is 4.74 Å². The fourth-order valence-corrected chi connectivity index (χ4v) is 3.99. The Morgan fingerprint density at radius 3 is 2.21 bits per heavy atom. The molecule has 33 heavy (non-hydrogen) atoms. The van der Waals surface area contributed by atoms with E-state index in [2.05, 4.69) is 26.0 Å². The number of piperazine rings is 1. The maximum Gasteiger partial charge on any atom is 0.410 e. The Morgan fingerprint density at radius 2 is 1.55 bits per heavy atom.